The zero-order valence-electron chi connectivity index (χ0n) is 24.6. The average molecular weight is 591 g/mol. The number of carboxylic acid groups (broad SMARTS) is 1. The van der Waals surface area contributed by atoms with Crippen molar-refractivity contribution in [3.05, 3.63) is 83.1 Å². The van der Waals surface area contributed by atoms with E-state index >= 15 is 0 Å². The van der Waals surface area contributed by atoms with Crippen molar-refractivity contribution in [1.29, 1.82) is 0 Å². The molecule has 2 aromatic carbocycles. The standard InChI is InChI=1S/C35H34N4O5/c1-39-28-18-23(11-13-26(28)30(21-7-2-3-8-21)31(39)27-9-4-5-16-36-27)32(40)38-35(14-6-15-35)34(43)37-25-12-10-22-17-24(33(41)42)20-44-29(22)19-25/h4-5,9-13,16-19,21H,2-3,6-8,14-15,20H2,1H3,(H,37,43)(H,38,40)(H,41,42). The first-order valence-electron chi connectivity index (χ1n) is 15.2. The first-order chi connectivity index (χ1) is 21.3. The molecule has 0 unspecified atom stereocenters. The third kappa shape index (κ3) is 4.82. The second-order valence-electron chi connectivity index (χ2n) is 12.1. The van der Waals surface area contributed by atoms with Crippen LogP contribution in [0.2, 0.25) is 0 Å². The minimum absolute atomic E-state index is 0.0449. The predicted octanol–water partition coefficient (Wildman–Crippen LogP) is 6.05. The van der Waals surface area contributed by atoms with Crippen LogP contribution in [-0.4, -0.2) is 44.6 Å². The van der Waals surface area contributed by atoms with Crippen LogP contribution in [0.4, 0.5) is 5.69 Å². The van der Waals surface area contributed by atoms with Crippen LogP contribution in [0.15, 0.2) is 66.4 Å². The summed E-state index contributed by atoms with van der Waals surface area (Å²) in [4.78, 5) is 43.2. The summed E-state index contributed by atoms with van der Waals surface area (Å²) in [6.07, 6.45) is 10.0. The van der Waals surface area contributed by atoms with Crippen molar-refractivity contribution in [3.63, 3.8) is 0 Å². The van der Waals surface area contributed by atoms with Gasteiger partial charge in [-0.2, -0.15) is 0 Å². The van der Waals surface area contributed by atoms with Gasteiger partial charge in [-0.25, -0.2) is 4.79 Å². The number of nitrogens with one attached hydrogen (secondary N) is 2. The zero-order chi connectivity index (χ0) is 30.4. The van der Waals surface area contributed by atoms with E-state index in [1.165, 1.54) is 18.4 Å². The van der Waals surface area contributed by atoms with Crippen LogP contribution in [0.25, 0.3) is 28.4 Å². The molecule has 2 saturated carbocycles. The van der Waals surface area contributed by atoms with Crippen molar-refractivity contribution in [2.24, 2.45) is 7.05 Å². The van der Waals surface area contributed by atoms with Gasteiger partial charge in [0.15, 0.2) is 0 Å². The van der Waals surface area contributed by atoms with E-state index in [0.717, 1.165) is 41.6 Å². The number of rotatable bonds is 7. The molecule has 2 amide bonds. The fourth-order valence-corrected chi connectivity index (χ4v) is 6.89. The van der Waals surface area contributed by atoms with E-state index < -0.39 is 11.5 Å². The molecule has 2 fully saturated rings. The molecule has 2 aromatic heterocycles. The fourth-order valence-electron chi connectivity index (χ4n) is 6.89. The number of hydrogen-bond acceptors (Lipinski definition) is 5. The largest absolute Gasteiger partial charge is 0.488 e. The number of aromatic nitrogens is 2. The Bertz CT molecular complexity index is 1830. The minimum Gasteiger partial charge on any atom is -0.488 e. The predicted molar refractivity (Wildman–Crippen MR) is 168 cm³/mol. The number of nitrogens with zero attached hydrogens (tertiary/aromatic N) is 2. The quantitative estimate of drug-likeness (QED) is 0.241. The molecule has 3 N–H and O–H groups in total. The van der Waals surface area contributed by atoms with Crippen LogP contribution >= 0.6 is 0 Å². The van der Waals surface area contributed by atoms with E-state index in [1.54, 1.807) is 24.3 Å². The maximum atomic E-state index is 13.7. The highest BCUT2D eigenvalue weighted by atomic mass is 16.5. The third-order valence-electron chi connectivity index (χ3n) is 9.43. The molecule has 1 aliphatic heterocycles. The first kappa shape index (κ1) is 27.9. The molecule has 0 bridgehead atoms. The number of carboxylic acids is 1. The van der Waals surface area contributed by atoms with E-state index in [0.29, 0.717) is 41.3 Å². The molecule has 3 heterocycles. The molecule has 3 aliphatic rings. The summed E-state index contributed by atoms with van der Waals surface area (Å²) in [5, 5.41) is 16.4. The second-order valence-corrected chi connectivity index (χ2v) is 12.1. The monoisotopic (exact) mass is 590 g/mol. The lowest BCUT2D eigenvalue weighted by molar-refractivity contribution is -0.133. The van der Waals surface area contributed by atoms with Crippen LogP contribution in [0.3, 0.4) is 0 Å². The van der Waals surface area contributed by atoms with Gasteiger partial charge in [0.05, 0.1) is 17.0 Å². The number of carbonyl (C=O) groups excluding carboxylic acids is 2. The van der Waals surface area contributed by atoms with Crippen LogP contribution in [-0.2, 0) is 16.6 Å². The lowest BCUT2D eigenvalue weighted by Crippen LogP contribution is -2.61. The summed E-state index contributed by atoms with van der Waals surface area (Å²) in [5.41, 5.74) is 5.13. The van der Waals surface area contributed by atoms with Crippen molar-refractivity contribution in [2.45, 2.75) is 56.4 Å². The maximum Gasteiger partial charge on any atom is 0.335 e. The number of aliphatic carboxylic acids is 1. The summed E-state index contributed by atoms with van der Waals surface area (Å²) in [7, 11) is 2.04. The average Bonchev–Trinajstić information content (AvgIpc) is 3.65. The molecule has 224 valence electrons. The number of anilines is 1. The number of hydrogen-bond donors (Lipinski definition) is 3. The third-order valence-corrected chi connectivity index (χ3v) is 9.43. The molecule has 9 nitrogen and oxygen atoms in total. The maximum absolute atomic E-state index is 13.7. The Morgan fingerprint density at radius 1 is 1.02 bits per heavy atom. The van der Waals surface area contributed by atoms with Gasteiger partial charge >= 0.3 is 5.97 Å². The molecule has 2 aliphatic carbocycles. The van der Waals surface area contributed by atoms with Crippen LogP contribution in [0, 0.1) is 0 Å². The minimum atomic E-state index is -1.02. The van der Waals surface area contributed by atoms with E-state index in [1.807, 2.05) is 43.6 Å². The van der Waals surface area contributed by atoms with Crippen LogP contribution in [0.5, 0.6) is 5.75 Å². The van der Waals surface area contributed by atoms with Gasteiger partial charge in [0, 0.05) is 47.0 Å². The van der Waals surface area contributed by atoms with Gasteiger partial charge in [-0.3, -0.25) is 14.6 Å². The molecular weight excluding hydrogens is 556 g/mol. The number of carbonyl (C=O) groups is 3. The first-order valence-corrected chi connectivity index (χ1v) is 15.2. The molecule has 0 saturated heterocycles. The van der Waals surface area contributed by atoms with E-state index in [2.05, 4.69) is 26.3 Å². The Morgan fingerprint density at radius 2 is 1.84 bits per heavy atom. The molecule has 0 radical (unpaired) electrons. The highest BCUT2D eigenvalue weighted by Gasteiger charge is 2.45. The van der Waals surface area contributed by atoms with Gasteiger partial charge in [0.25, 0.3) is 5.91 Å². The topological polar surface area (TPSA) is 123 Å². The number of amides is 2. The smallest absolute Gasteiger partial charge is 0.335 e. The van der Waals surface area contributed by atoms with Gasteiger partial charge in [-0.15, -0.1) is 0 Å². The number of fused-ring (bicyclic) bond motifs is 2. The van der Waals surface area contributed by atoms with Crippen LogP contribution in [0.1, 0.15) is 72.3 Å². The van der Waals surface area contributed by atoms with Crippen LogP contribution < -0.4 is 15.4 Å². The Hall–Kier alpha value is -4.92. The molecule has 0 spiro atoms. The number of benzene rings is 2. The molecule has 4 aromatic rings. The highest BCUT2D eigenvalue weighted by Crippen LogP contribution is 2.44. The molecule has 44 heavy (non-hydrogen) atoms. The number of aryl methyl sites for hydroxylation is 1. The number of pyridine rings is 1. The lowest BCUT2D eigenvalue weighted by Gasteiger charge is -2.40. The molecular formula is C35H34N4O5. The van der Waals surface area contributed by atoms with E-state index in [4.69, 9.17) is 4.74 Å². The van der Waals surface area contributed by atoms with Crippen molar-refractivity contribution in [2.75, 3.05) is 11.9 Å². The molecule has 7 rings (SSSR count). The zero-order valence-corrected chi connectivity index (χ0v) is 24.6. The van der Waals surface area contributed by atoms with E-state index in [-0.39, 0.29) is 24.0 Å². The SMILES string of the molecule is Cn1c(-c2ccccn2)c(C2CCCC2)c2ccc(C(=O)NC3(C(=O)Nc4ccc5c(c4)OCC(C(=O)O)=C5)CCC3)cc21. The Kier molecular flexibility index (Phi) is 6.95. The summed E-state index contributed by atoms with van der Waals surface area (Å²) in [5.74, 6) is -0.635. The lowest BCUT2D eigenvalue weighted by atomic mass is 9.75. The Balaban J connectivity index is 1.14. The Morgan fingerprint density at radius 3 is 2.55 bits per heavy atom. The van der Waals surface area contributed by atoms with Gasteiger partial charge < -0.3 is 25.0 Å². The van der Waals surface area contributed by atoms with Crippen molar-refractivity contribution < 1.29 is 24.2 Å². The second kappa shape index (κ2) is 11.0. The fraction of sp³-hybridized carbons (Fsp3) is 0.314. The van der Waals surface area contributed by atoms with Crippen molar-refractivity contribution in [3.8, 4) is 17.1 Å². The number of ether oxygens (including phenoxy) is 1. The van der Waals surface area contributed by atoms with Gasteiger partial charge in [-0.1, -0.05) is 25.0 Å². The van der Waals surface area contributed by atoms with Gasteiger partial charge in [0.2, 0.25) is 5.91 Å². The molecule has 0 atom stereocenters. The normalized spacial score (nSPS) is 17.2. The summed E-state index contributed by atoms with van der Waals surface area (Å²) in [6.45, 7) is -0.0449. The van der Waals surface area contributed by atoms with Crippen molar-refractivity contribution >= 4 is 40.4 Å². The summed E-state index contributed by atoms with van der Waals surface area (Å²) in [6, 6.07) is 16.9. The summed E-state index contributed by atoms with van der Waals surface area (Å²) < 4.78 is 7.76. The molecule has 9 heteroatoms. The van der Waals surface area contributed by atoms with Gasteiger partial charge in [0.1, 0.15) is 17.9 Å². The van der Waals surface area contributed by atoms with Crippen molar-refractivity contribution in [1.82, 2.24) is 14.9 Å². The van der Waals surface area contributed by atoms with E-state index in [9.17, 15) is 19.5 Å². The highest BCUT2D eigenvalue weighted by molar-refractivity contribution is 6.06. The van der Waals surface area contributed by atoms with Gasteiger partial charge in [-0.05, 0) is 86.1 Å². The summed E-state index contributed by atoms with van der Waals surface area (Å²) >= 11 is 0. The Labute approximate surface area is 254 Å².